The monoisotopic (exact) mass is 436 g/mol. The molecule has 3 aromatic rings. The van der Waals surface area contributed by atoms with Gasteiger partial charge in [-0.05, 0) is 54.6 Å². The maximum absolute atomic E-state index is 12.4. The van der Waals surface area contributed by atoms with Crippen LogP contribution in [0.5, 0.6) is 5.75 Å². The number of methoxy groups -OCH3 is 2. The van der Waals surface area contributed by atoms with E-state index in [0.29, 0.717) is 33.3 Å². The van der Waals surface area contributed by atoms with Gasteiger partial charge < -0.3 is 19.2 Å². The second kappa shape index (κ2) is 9.65. The summed E-state index contributed by atoms with van der Waals surface area (Å²) in [6.07, 6.45) is 1.32. The molecule has 0 saturated carbocycles. The molecule has 1 amide bonds. The van der Waals surface area contributed by atoms with Crippen LogP contribution in [0, 0.1) is 11.3 Å². The van der Waals surface area contributed by atoms with Gasteiger partial charge in [0.2, 0.25) is 0 Å². The molecule has 0 aliphatic rings. The predicted octanol–water partition coefficient (Wildman–Crippen LogP) is 4.94. The second-order valence-electron chi connectivity index (χ2n) is 6.24. The average Bonchev–Trinajstić information content (AvgIpc) is 3.26. The van der Waals surface area contributed by atoms with Gasteiger partial charge in [0.05, 0.1) is 24.8 Å². The Morgan fingerprint density at radius 3 is 2.48 bits per heavy atom. The van der Waals surface area contributed by atoms with Crippen LogP contribution < -0.4 is 10.1 Å². The zero-order chi connectivity index (χ0) is 22.4. The third kappa shape index (κ3) is 5.13. The van der Waals surface area contributed by atoms with Gasteiger partial charge in [-0.1, -0.05) is 11.6 Å². The summed E-state index contributed by atoms with van der Waals surface area (Å²) >= 11 is 6.23. The number of halogens is 1. The van der Waals surface area contributed by atoms with E-state index >= 15 is 0 Å². The van der Waals surface area contributed by atoms with Crippen LogP contribution in [-0.2, 0) is 9.53 Å². The van der Waals surface area contributed by atoms with Gasteiger partial charge in [0.25, 0.3) is 5.91 Å². The fraction of sp³-hybridized carbons (Fsp3) is 0.0870. The Balaban J connectivity index is 1.83. The quantitative estimate of drug-likeness (QED) is 0.333. The summed E-state index contributed by atoms with van der Waals surface area (Å²) in [7, 11) is 2.83. The van der Waals surface area contributed by atoms with Crippen molar-refractivity contribution in [3.05, 3.63) is 76.5 Å². The number of carbonyl (C=O) groups is 2. The first-order valence-electron chi connectivity index (χ1n) is 9.00. The lowest BCUT2D eigenvalue weighted by Gasteiger charge is -2.05. The summed E-state index contributed by atoms with van der Waals surface area (Å²) in [5.74, 6) is 0.195. The number of nitrogens with zero attached hydrogens (tertiary/aromatic N) is 1. The molecule has 3 rings (SSSR count). The molecule has 8 heteroatoms. The second-order valence-corrected chi connectivity index (χ2v) is 6.65. The van der Waals surface area contributed by atoms with Gasteiger partial charge >= 0.3 is 5.97 Å². The lowest BCUT2D eigenvalue weighted by Crippen LogP contribution is -2.13. The first kappa shape index (κ1) is 21.7. The lowest BCUT2D eigenvalue weighted by atomic mass is 10.1. The van der Waals surface area contributed by atoms with Crippen molar-refractivity contribution in [2.45, 2.75) is 0 Å². The minimum atomic E-state index is -0.587. The molecular formula is C23H17ClN2O5. The van der Waals surface area contributed by atoms with Gasteiger partial charge in [-0.15, -0.1) is 0 Å². The van der Waals surface area contributed by atoms with Gasteiger partial charge in [-0.3, -0.25) is 4.79 Å². The summed E-state index contributed by atoms with van der Waals surface area (Å²) in [5, 5.41) is 12.4. The normalized spacial score (nSPS) is 10.8. The molecule has 0 spiro atoms. The van der Waals surface area contributed by atoms with Gasteiger partial charge in [0, 0.05) is 17.3 Å². The Hall–Kier alpha value is -4.02. The van der Waals surface area contributed by atoms with Crippen molar-refractivity contribution in [1.29, 1.82) is 5.26 Å². The number of hydrogen-bond donors (Lipinski definition) is 1. The largest absolute Gasteiger partial charge is 0.497 e. The molecule has 0 aliphatic carbocycles. The van der Waals surface area contributed by atoms with E-state index in [9.17, 15) is 14.9 Å². The summed E-state index contributed by atoms with van der Waals surface area (Å²) in [6.45, 7) is 0. The zero-order valence-electron chi connectivity index (χ0n) is 16.6. The van der Waals surface area contributed by atoms with Crippen molar-refractivity contribution in [3.8, 4) is 23.1 Å². The summed E-state index contributed by atoms with van der Waals surface area (Å²) < 4.78 is 15.5. The molecule has 0 aliphatic heterocycles. The number of benzene rings is 2. The smallest absolute Gasteiger partial charge is 0.337 e. The van der Waals surface area contributed by atoms with Gasteiger partial charge in [-0.25, -0.2) is 4.79 Å². The van der Waals surface area contributed by atoms with Crippen molar-refractivity contribution in [2.75, 3.05) is 19.5 Å². The highest BCUT2D eigenvalue weighted by atomic mass is 35.5. The van der Waals surface area contributed by atoms with Crippen molar-refractivity contribution < 1.29 is 23.5 Å². The minimum Gasteiger partial charge on any atom is -0.497 e. The van der Waals surface area contributed by atoms with E-state index in [-0.39, 0.29) is 11.3 Å². The maximum Gasteiger partial charge on any atom is 0.337 e. The number of rotatable bonds is 6. The number of nitriles is 1. The van der Waals surface area contributed by atoms with Crippen LogP contribution in [0.1, 0.15) is 16.1 Å². The highest BCUT2D eigenvalue weighted by Gasteiger charge is 2.15. The van der Waals surface area contributed by atoms with Crippen LogP contribution in [-0.4, -0.2) is 26.1 Å². The molecule has 0 unspecified atom stereocenters. The number of nitrogens with one attached hydrogen (secondary N) is 1. The number of carbonyl (C=O) groups excluding carboxylic acids is 2. The van der Waals surface area contributed by atoms with Crippen LogP contribution in [0.3, 0.4) is 0 Å². The molecule has 31 heavy (non-hydrogen) atoms. The van der Waals surface area contributed by atoms with Gasteiger partial charge in [0.1, 0.15) is 28.9 Å². The number of anilines is 1. The Bertz CT molecular complexity index is 1190. The molecule has 7 nitrogen and oxygen atoms in total. The maximum atomic E-state index is 12.4. The molecule has 0 saturated heterocycles. The Kier molecular flexibility index (Phi) is 6.75. The number of ether oxygens (including phenoxy) is 2. The first-order chi connectivity index (χ1) is 14.9. The predicted molar refractivity (Wildman–Crippen MR) is 116 cm³/mol. The van der Waals surface area contributed by atoms with Gasteiger partial charge in [-0.2, -0.15) is 5.26 Å². The van der Waals surface area contributed by atoms with Crippen LogP contribution in [0.25, 0.3) is 17.4 Å². The van der Waals surface area contributed by atoms with Crippen LogP contribution >= 0.6 is 11.6 Å². The number of esters is 1. The summed E-state index contributed by atoms with van der Waals surface area (Å²) in [6, 6.07) is 16.4. The highest BCUT2D eigenvalue weighted by molar-refractivity contribution is 6.33. The average molecular weight is 437 g/mol. The number of amides is 1. The molecule has 0 radical (unpaired) electrons. The first-order valence-corrected chi connectivity index (χ1v) is 9.38. The number of hydrogen-bond acceptors (Lipinski definition) is 6. The summed E-state index contributed by atoms with van der Waals surface area (Å²) in [4.78, 5) is 24.2. The lowest BCUT2D eigenvalue weighted by molar-refractivity contribution is -0.112. The van der Waals surface area contributed by atoms with Gasteiger partial charge in [0.15, 0.2) is 0 Å². The SMILES string of the molecule is COC(=O)c1ccc(Cl)c(-c2ccc(/C=C(/C#N)C(=O)Nc3ccc(OC)cc3)o2)c1. The van der Waals surface area contributed by atoms with E-state index in [0.717, 1.165) is 0 Å². The van der Waals surface area contributed by atoms with E-state index in [1.807, 2.05) is 6.07 Å². The third-order valence-electron chi connectivity index (χ3n) is 4.28. The van der Waals surface area contributed by atoms with E-state index in [1.54, 1.807) is 61.7 Å². The number of furan rings is 1. The minimum absolute atomic E-state index is 0.147. The molecular weight excluding hydrogens is 420 g/mol. The zero-order valence-corrected chi connectivity index (χ0v) is 17.4. The fourth-order valence-corrected chi connectivity index (χ4v) is 2.91. The van der Waals surface area contributed by atoms with E-state index in [1.165, 1.54) is 13.2 Å². The van der Waals surface area contributed by atoms with Crippen molar-refractivity contribution >= 4 is 35.2 Å². The highest BCUT2D eigenvalue weighted by Crippen LogP contribution is 2.31. The molecule has 2 aromatic carbocycles. The molecule has 1 heterocycles. The molecule has 1 N–H and O–H groups in total. The van der Waals surface area contributed by atoms with E-state index in [2.05, 4.69) is 5.32 Å². The topological polar surface area (TPSA) is 102 Å². The van der Waals surface area contributed by atoms with Crippen LogP contribution in [0.4, 0.5) is 5.69 Å². The molecule has 156 valence electrons. The standard InChI is InChI=1S/C23H17ClN2O5/c1-29-17-6-4-16(5-7-17)26-22(27)15(13-25)11-18-8-10-21(31-18)19-12-14(23(28)30-2)3-9-20(19)24/h3-12H,1-2H3,(H,26,27)/b15-11-. The Labute approximate surface area is 183 Å². The summed E-state index contributed by atoms with van der Waals surface area (Å²) in [5.41, 5.74) is 1.15. The van der Waals surface area contributed by atoms with Crippen molar-refractivity contribution in [1.82, 2.24) is 0 Å². The molecule has 1 aromatic heterocycles. The van der Waals surface area contributed by atoms with Crippen molar-refractivity contribution in [3.63, 3.8) is 0 Å². The van der Waals surface area contributed by atoms with E-state index in [4.69, 9.17) is 25.5 Å². The Morgan fingerprint density at radius 2 is 1.84 bits per heavy atom. The molecule has 0 atom stereocenters. The van der Waals surface area contributed by atoms with Crippen molar-refractivity contribution in [2.24, 2.45) is 0 Å². The Morgan fingerprint density at radius 1 is 1.10 bits per heavy atom. The van der Waals surface area contributed by atoms with E-state index < -0.39 is 11.9 Å². The van der Waals surface area contributed by atoms with Crippen LogP contribution in [0.15, 0.2) is 64.6 Å². The van der Waals surface area contributed by atoms with Crippen LogP contribution in [0.2, 0.25) is 5.02 Å². The third-order valence-corrected chi connectivity index (χ3v) is 4.61. The fourth-order valence-electron chi connectivity index (χ4n) is 2.70. The molecule has 0 bridgehead atoms. The molecule has 0 fully saturated rings.